The van der Waals surface area contributed by atoms with Crippen LogP contribution in [0, 0.1) is 6.92 Å². The maximum atomic E-state index is 12.6. The Hall–Kier alpha value is -1.56. The van der Waals surface area contributed by atoms with Gasteiger partial charge >= 0.3 is 5.97 Å². The molecule has 0 bridgehead atoms. The number of carbonyl (C=O) groups is 2. The average molecular weight is 280 g/mol. The minimum absolute atomic E-state index is 0.0757. The van der Waals surface area contributed by atoms with E-state index in [-0.39, 0.29) is 11.3 Å². The molecule has 5 nitrogen and oxygen atoms in total. The second-order valence-corrected chi connectivity index (χ2v) is 5.61. The Bertz CT molecular complexity index is 506. The lowest BCUT2D eigenvalue weighted by Crippen LogP contribution is -2.45. The first-order chi connectivity index (χ1) is 9.06. The first-order valence-corrected chi connectivity index (χ1v) is 7.19. The molecule has 1 aromatic heterocycles. The molecule has 6 heteroatoms. The Morgan fingerprint density at radius 2 is 2.32 bits per heavy atom. The molecule has 2 atom stereocenters. The number of amides is 1. The Morgan fingerprint density at radius 3 is 2.89 bits per heavy atom. The van der Waals surface area contributed by atoms with Crippen LogP contribution in [0.3, 0.4) is 0 Å². The van der Waals surface area contributed by atoms with Crippen LogP contribution in [0.4, 0.5) is 0 Å². The number of rotatable bonds is 3. The lowest BCUT2D eigenvalue weighted by Gasteiger charge is -2.27. The van der Waals surface area contributed by atoms with Gasteiger partial charge in [-0.05, 0) is 25.5 Å². The summed E-state index contributed by atoms with van der Waals surface area (Å²) in [5, 5.41) is 9.16. The van der Waals surface area contributed by atoms with Crippen molar-refractivity contribution >= 4 is 23.6 Å². The molecule has 1 aliphatic rings. The fourth-order valence-electron chi connectivity index (χ4n) is 2.19. The van der Waals surface area contributed by atoms with Crippen LogP contribution in [0.25, 0.3) is 0 Å². The Kier molecular flexibility index (Phi) is 4.09. The summed E-state index contributed by atoms with van der Waals surface area (Å²) < 4.78 is 0. The summed E-state index contributed by atoms with van der Waals surface area (Å²) >= 11 is 1.52. The van der Waals surface area contributed by atoms with Gasteiger partial charge in [0.25, 0.3) is 5.91 Å². The molecular weight excluding hydrogens is 264 g/mol. The normalized spacial score (nSPS) is 22.5. The number of aryl methyl sites for hydroxylation is 1. The van der Waals surface area contributed by atoms with E-state index in [0.29, 0.717) is 17.0 Å². The summed E-state index contributed by atoms with van der Waals surface area (Å²) in [7, 11) is 0. The highest BCUT2D eigenvalue weighted by molar-refractivity contribution is 8.00. The number of carboxylic acid groups (broad SMARTS) is 1. The summed E-state index contributed by atoms with van der Waals surface area (Å²) in [6, 6.07) is 2.64. The van der Waals surface area contributed by atoms with Crippen molar-refractivity contribution in [3.63, 3.8) is 0 Å². The van der Waals surface area contributed by atoms with Crippen LogP contribution in [-0.2, 0) is 4.79 Å². The summed E-state index contributed by atoms with van der Waals surface area (Å²) in [4.78, 5) is 29.4. The predicted octanol–water partition coefficient (Wildman–Crippen LogP) is 1.77. The van der Waals surface area contributed by atoms with Crippen molar-refractivity contribution in [1.29, 1.82) is 0 Å². The number of hydrogen-bond acceptors (Lipinski definition) is 4. The Balaban J connectivity index is 2.34. The Morgan fingerprint density at radius 1 is 1.58 bits per heavy atom. The minimum atomic E-state index is -0.946. The highest BCUT2D eigenvalue weighted by atomic mass is 32.2. The van der Waals surface area contributed by atoms with Gasteiger partial charge in [0, 0.05) is 17.6 Å². The quantitative estimate of drug-likeness (QED) is 0.913. The topological polar surface area (TPSA) is 70.5 Å². The third-order valence-corrected chi connectivity index (χ3v) is 4.65. The number of hydrogen-bond donors (Lipinski definition) is 1. The average Bonchev–Trinajstić information content (AvgIpc) is 2.82. The van der Waals surface area contributed by atoms with Crippen LogP contribution in [0.2, 0.25) is 0 Å². The van der Waals surface area contributed by atoms with Crippen molar-refractivity contribution in [1.82, 2.24) is 9.88 Å². The zero-order valence-electron chi connectivity index (χ0n) is 10.9. The number of thioether (sulfide) groups is 1. The molecular formula is C13H16N2O3S. The summed E-state index contributed by atoms with van der Waals surface area (Å²) in [5.74, 6) is -0.744. The number of aliphatic carboxylic acids is 1. The fourth-order valence-corrected chi connectivity index (χ4v) is 3.54. The van der Waals surface area contributed by atoms with E-state index in [9.17, 15) is 14.7 Å². The highest BCUT2D eigenvalue weighted by Gasteiger charge is 2.41. The van der Waals surface area contributed by atoms with Gasteiger partial charge in [-0.25, -0.2) is 4.79 Å². The van der Waals surface area contributed by atoms with Gasteiger partial charge in [-0.1, -0.05) is 6.92 Å². The van der Waals surface area contributed by atoms with Gasteiger partial charge < -0.3 is 10.0 Å². The molecule has 2 unspecified atom stereocenters. The van der Waals surface area contributed by atoms with E-state index in [1.54, 1.807) is 25.3 Å². The lowest BCUT2D eigenvalue weighted by molar-refractivity contribution is -0.141. The second-order valence-electron chi connectivity index (χ2n) is 4.40. The van der Waals surface area contributed by atoms with Crippen molar-refractivity contribution in [3.8, 4) is 0 Å². The van der Waals surface area contributed by atoms with Crippen molar-refractivity contribution in [2.75, 3.05) is 5.75 Å². The minimum Gasteiger partial charge on any atom is -0.480 e. The molecule has 1 amide bonds. The van der Waals surface area contributed by atoms with E-state index in [1.807, 2.05) is 6.92 Å². The molecule has 1 saturated heterocycles. The molecule has 2 rings (SSSR count). The smallest absolute Gasteiger partial charge is 0.327 e. The molecule has 1 fully saturated rings. The SMILES string of the molecule is CCC1SCC(C(=O)O)N1C(=O)c1cccnc1C. The van der Waals surface area contributed by atoms with Crippen molar-refractivity contribution in [3.05, 3.63) is 29.6 Å². The van der Waals surface area contributed by atoms with Crippen LogP contribution in [0.1, 0.15) is 29.4 Å². The van der Waals surface area contributed by atoms with E-state index >= 15 is 0 Å². The zero-order chi connectivity index (χ0) is 14.0. The van der Waals surface area contributed by atoms with Crippen molar-refractivity contribution in [2.45, 2.75) is 31.7 Å². The molecule has 1 aromatic rings. The second kappa shape index (κ2) is 5.61. The molecule has 0 aliphatic carbocycles. The largest absolute Gasteiger partial charge is 0.480 e. The van der Waals surface area contributed by atoms with Gasteiger partial charge in [0.05, 0.1) is 10.9 Å². The fraction of sp³-hybridized carbons (Fsp3) is 0.462. The molecule has 0 saturated carbocycles. The molecule has 0 radical (unpaired) electrons. The molecule has 19 heavy (non-hydrogen) atoms. The number of carboxylic acids is 1. The highest BCUT2D eigenvalue weighted by Crippen LogP contribution is 2.32. The van der Waals surface area contributed by atoms with E-state index in [4.69, 9.17) is 0 Å². The van der Waals surface area contributed by atoms with Crippen molar-refractivity contribution in [2.24, 2.45) is 0 Å². The Labute approximate surface area is 116 Å². The summed E-state index contributed by atoms with van der Waals surface area (Å²) in [6.45, 7) is 3.71. The van der Waals surface area contributed by atoms with Gasteiger partial charge in [0.2, 0.25) is 0 Å². The summed E-state index contributed by atoms with van der Waals surface area (Å²) in [5.41, 5.74) is 1.11. The van der Waals surface area contributed by atoms with E-state index in [2.05, 4.69) is 4.98 Å². The maximum Gasteiger partial charge on any atom is 0.327 e. The molecule has 1 aliphatic heterocycles. The monoisotopic (exact) mass is 280 g/mol. The van der Waals surface area contributed by atoms with E-state index in [0.717, 1.165) is 6.42 Å². The third-order valence-electron chi connectivity index (χ3n) is 3.20. The lowest BCUT2D eigenvalue weighted by atomic mass is 10.1. The van der Waals surface area contributed by atoms with Gasteiger partial charge in [0.15, 0.2) is 0 Å². The zero-order valence-corrected chi connectivity index (χ0v) is 11.7. The maximum absolute atomic E-state index is 12.6. The number of aromatic nitrogens is 1. The molecule has 0 spiro atoms. The first-order valence-electron chi connectivity index (χ1n) is 6.15. The van der Waals surface area contributed by atoms with E-state index in [1.165, 1.54) is 16.7 Å². The molecule has 0 aromatic carbocycles. The van der Waals surface area contributed by atoms with Gasteiger partial charge in [-0.3, -0.25) is 9.78 Å². The standard InChI is InChI=1S/C13H16N2O3S/c1-3-11-15(10(7-19-11)13(17)18)12(16)9-5-4-6-14-8(9)2/h4-6,10-11H,3,7H2,1-2H3,(H,17,18). The predicted molar refractivity (Wildman–Crippen MR) is 73.1 cm³/mol. The van der Waals surface area contributed by atoms with Crippen LogP contribution < -0.4 is 0 Å². The molecule has 102 valence electrons. The number of pyridine rings is 1. The number of carbonyl (C=O) groups excluding carboxylic acids is 1. The van der Waals surface area contributed by atoms with Crippen molar-refractivity contribution < 1.29 is 14.7 Å². The first kappa shape index (κ1) is 13.9. The van der Waals surface area contributed by atoms with Crippen LogP contribution in [0.15, 0.2) is 18.3 Å². The van der Waals surface area contributed by atoms with Gasteiger partial charge in [-0.2, -0.15) is 0 Å². The summed E-state index contributed by atoms with van der Waals surface area (Å²) in [6.07, 6.45) is 2.36. The number of nitrogens with zero attached hydrogens (tertiary/aromatic N) is 2. The molecule has 2 heterocycles. The third kappa shape index (κ3) is 2.58. The van der Waals surface area contributed by atoms with E-state index < -0.39 is 12.0 Å². The van der Waals surface area contributed by atoms with Crippen LogP contribution in [-0.4, -0.2) is 44.0 Å². The van der Waals surface area contributed by atoms with Crippen LogP contribution in [0.5, 0.6) is 0 Å². The van der Waals surface area contributed by atoms with Gasteiger partial charge in [0.1, 0.15) is 6.04 Å². The van der Waals surface area contributed by atoms with Gasteiger partial charge in [-0.15, -0.1) is 11.8 Å². The van der Waals surface area contributed by atoms with Crippen LogP contribution >= 0.6 is 11.8 Å². The molecule has 1 N–H and O–H groups in total.